The first-order valence-electron chi connectivity index (χ1n) is 7.92. The number of hydrogen-bond acceptors (Lipinski definition) is 3. The molecule has 1 amide bonds. The fourth-order valence-corrected chi connectivity index (χ4v) is 2.55. The molecule has 0 aliphatic carbocycles. The lowest BCUT2D eigenvalue weighted by Gasteiger charge is -2.13. The van der Waals surface area contributed by atoms with E-state index >= 15 is 0 Å². The van der Waals surface area contributed by atoms with Crippen molar-refractivity contribution in [1.29, 1.82) is 0 Å². The molecule has 1 fully saturated rings. The van der Waals surface area contributed by atoms with Crippen LogP contribution in [0.1, 0.15) is 18.1 Å². The van der Waals surface area contributed by atoms with Gasteiger partial charge in [-0.15, -0.1) is 0 Å². The maximum Gasteiger partial charge on any atom is 0.414 e. The van der Waals surface area contributed by atoms with Crippen LogP contribution in [0.4, 0.5) is 10.5 Å². The van der Waals surface area contributed by atoms with Crippen LogP contribution in [0.3, 0.4) is 0 Å². The van der Waals surface area contributed by atoms with Crippen molar-refractivity contribution in [1.82, 2.24) is 0 Å². The Morgan fingerprint density at radius 2 is 1.83 bits per heavy atom. The third kappa shape index (κ3) is 3.65. The lowest BCUT2D eigenvalue weighted by Crippen LogP contribution is -2.26. The number of benzene rings is 2. The van der Waals surface area contributed by atoms with Crippen molar-refractivity contribution in [3.8, 4) is 5.75 Å². The van der Waals surface area contributed by atoms with Gasteiger partial charge in [0.05, 0.1) is 6.54 Å². The normalized spacial score (nSPS) is 17.2. The number of nitrogens with zero attached hydrogens (tertiary/aromatic N) is 1. The largest absolute Gasteiger partial charge is 0.490 e. The van der Waals surface area contributed by atoms with E-state index in [9.17, 15) is 4.79 Å². The highest BCUT2D eigenvalue weighted by Gasteiger charge is 2.32. The minimum absolute atomic E-state index is 0.255. The zero-order valence-corrected chi connectivity index (χ0v) is 13.5. The number of hydrogen-bond donors (Lipinski definition) is 0. The topological polar surface area (TPSA) is 38.8 Å². The molecule has 0 N–H and O–H groups in total. The molecule has 0 spiro atoms. The molecular formula is C19H21NO3. The van der Waals surface area contributed by atoms with Gasteiger partial charge in [0.25, 0.3) is 0 Å². The van der Waals surface area contributed by atoms with E-state index < -0.39 is 0 Å². The third-order valence-corrected chi connectivity index (χ3v) is 3.99. The minimum atomic E-state index is -0.316. The third-order valence-electron chi connectivity index (χ3n) is 3.99. The predicted octanol–water partition coefficient (Wildman–Crippen LogP) is 3.96. The van der Waals surface area contributed by atoms with Gasteiger partial charge in [-0.1, -0.05) is 36.8 Å². The lowest BCUT2D eigenvalue weighted by molar-refractivity contribution is 0.105. The van der Waals surface area contributed by atoms with Crippen LogP contribution in [0.15, 0.2) is 48.5 Å². The number of carbonyl (C=O) groups excluding carboxylic acids is 1. The van der Waals surface area contributed by atoms with Crippen molar-refractivity contribution < 1.29 is 14.3 Å². The van der Waals surface area contributed by atoms with Crippen molar-refractivity contribution in [3.63, 3.8) is 0 Å². The Morgan fingerprint density at radius 3 is 2.48 bits per heavy atom. The van der Waals surface area contributed by atoms with Gasteiger partial charge in [-0.25, -0.2) is 4.79 Å². The van der Waals surface area contributed by atoms with Gasteiger partial charge < -0.3 is 9.47 Å². The number of carbonyl (C=O) groups is 1. The molecule has 4 heteroatoms. The van der Waals surface area contributed by atoms with Crippen LogP contribution in [0.2, 0.25) is 0 Å². The fourth-order valence-electron chi connectivity index (χ4n) is 2.55. The molecule has 1 aliphatic rings. The van der Waals surface area contributed by atoms with Crippen molar-refractivity contribution in [2.45, 2.75) is 26.4 Å². The summed E-state index contributed by atoms with van der Waals surface area (Å²) < 4.78 is 11.1. The van der Waals surface area contributed by atoms with E-state index in [1.807, 2.05) is 43.3 Å². The summed E-state index contributed by atoms with van der Waals surface area (Å²) in [4.78, 5) is 13.7. The molecule has 0 saturated carbocycles. The monoisotopic (exact) mass is 311 g/mol. The Balaban J connectivity index is 1.57. The number of aryl methyl sites for hydroxylation is 2. The smallest absolute Gasteiger partial charge is 0.414 e. The minimum Gasteiger partial charge on any atom is -0.490 e. The van der Waals surface area contributed by atoms with Gasteiger partial charge in [-0.2, -0.15) is 0 Å². The van der Waals surface area contributed by atoms with Gasteiger partial charge >= 0.3 is 6.09 Å². The fraction of sp³-hybridized carbons (Fsp3) is 0.316. The van der Waals surface area contributed by atoms with Crippen LogP contribution in [-0.2, 0) is 11.2 Å². The van der Waals surface area contributed by atoms with Crippen LogP contribution in [0, 0.1) is 6.92 Å². The van der Waals surface area contributed by atoms with Crippen molar-refractivity contribution in [2.24, 2.45) is 0 Å². The standard InChI is InChI=1S/C19H21NO3/c1-3-15-6-10-17(11-7-15)22-13-18-12-20(19(21)23-18)16-8-4-14(2)5-9-16/h4-11,18H,3,12-13H2,1-2H3. The maximum atomic E-state index is 12.0. The Morgan fingerprint density at radius 1 is 1.13 bits per heavy atom. The predicted molar refractivity (Wildman–Crippen MR) is 90.1 cm³/mol. The summed E-state index contributed by atoms with van der Waals surface area (Å²) in [6, 6.07) is 15.8. The number of anilines is 1. The van der Waals surface area contributed by atoms with Crippen LogP contribution in [-0.4, -0.2) is 25.3 Å². The molecule has 0 radical (unpaired) electrons. The Hall–Kier alpha value is -2.49. The number of rotatable bonds is 5. The average molecular weight is 311 g/mol. The molecule has 1 aliphatic heterocycles. The van der Waals surface area contributed by atoms with Gasteiger partial charge in [0.1, 0.15) is 12.4 Å². The summed E-state index contributed by atoms with van der Waals surface area (Å²) in [6.45, 7) is 5.01. The second-order valence-electron chi connectivity index (χ2n) is 5.76. The zero-order valence-electron chi connectivity index (χ0n) is 13.5. The summed E-state index contributed by atoms with van der Waals surface area (Å²) in [5.74, 6) is 0.798. The second-order valence-corrected chi connectivity index (χ2v) is 5.76. The number of amides is 1. The van der Waals surface area contributed by atoms with Crippen LogP contribution in [0.25, 0.3) is 0 Å². The van der Waals surface area contributed by atoms with Gasteiger partial charge in [0, 0.05) is 5.69 Å². The highest BCUT2D eigenvalue weighted by atomic mass is 16.6. The SMILES string of the molecule is CCc1ccc(OCC2CN(c3ccc(C)cc3)C(=O)O2)cc1. The summed E-state index contributed by atoms with van der Waals surface area (Å²) in [7, 11) is 0. The molecule has 4 nitrogen and oxygen atoms in total. The molecule has 23 heavy (non-hydrogen) atoms. The maximum absolute atomic E-state index is 12.0. The van der Waals surface area contributed by atoms with Crippen molar-refractivity contribution in [3.05, 3.63) is 59.7 Å². The van der Waals surface area contributed by atoms with Gasteiger partial charge in [0.2, 0.25) is 0 Å². The Bertz CT molecular complexity index is 664. The first-order chi connectivity index (χ1) is 11.2. The van der Waals surface area contributed by atoms with Crippen LogP contribution >= 0.6 is 0 Å². The first-order valence-corrected chi connectivity index (χ1v) is 7.92. The molecule has 1 unspecified atom stereocenters. The summed E-state index contributed by atoms with van der Waals surface area (Å²) in [5, 5.41) is 0. The molecule has 120 valence electrons. The van der Waals surface area contributed by atoms with E-state index in [0.29, 0.717) is 13.2 Å². The van der Waals surface area contributed by atoms with E-state index in [0.717, 1.165) is 23.4 Å². The quantitative estimate of drug-likeness (QED) is 0.839. The van der Waals surface area contributed by atoms with Gasteiger partial charge in [-0.05, 0) is 43.2 Å². The first kappa shape index (κ1) is 15.4. The molecule has 1 saturated heterocycles. The second kappa shape index (κ2) is 6.73. The molecule has 0 aromatic heterocycles. The van der Waals surface area contributed by atoms with Gasteiger partial charge in [0.15, 0.2) is 6.10 Å². The molecule has 2 aromatic carbocycles. The lowest BCUT2D eigenvalue weighted by atomic mass is 10.2. The zero-order chi connectivity index (χ0) is 16.2. The van der Waals surface area contributed by atoms with E-state index in [4.69, 9.17) is 9.47 Å². The highest BCUT2D eigenvalue weighted by Crippen LogP contribution is 2.22. The van der Waals surface area contributed by atoms with Crippen molar-refractivity contribution >= 4 is 11.8 Å². The van der Waals surface area contributed by atoms with Crippen LogP contribution in [0.5, 0.6) is 5.75 Å². The summed E-state index contributed by atoms with van der Waals surface area (Å²) in [5.41, 5.74) is 3.29. The van der Waals surface area contributed by atoms with E-state index in [1.165, 1.54) is 5.56 Å². The molecule has 1 heterocycles. The Labute approximate surface area is 136 Å². The van der Waals surface area contributed by atoms with Crippen LogP contribution < -0.4 is 9.64 Å². The molecular weight excluding hydrogens is 290 g/mol. The summed E-state index contributed by atoms with van der Waals surface area (Å²) >= 11 is 0. The molecule has 0 bridgehead atoms. The van der Waals surface area contributed by atoms with Crippen molar-refractivity contribution in [2.75, 3.05) is 18.1 Å². The summed E-state index contributed by atoms with van der Waals surface area (Å²) in [6.07, 6.45) is 0.435. The number of ether oxygens (including phenoxy) is 2. The highest BCUT2D eigenvalue weighted by molar-refractivity contribution is 5.89. The molecule has 1 atom stereocenters. The van der Waals surface area contributed by atoms with E-state index in [-0.39, 0.29) is 12.2 Å². The molecule has 2 aromatic rings. The average Bonchev–Trinajstić information content (AvgIpc) is 2.95. The molecule has 3 rings (SSSR count). The van der Waals surface area contributed by atoms with E-state index in [2.05, 4.69) is 19.1 Å². The number of cyclic esters (lactones) is 1. The van der Waals surface area contributed by atoms with E-state index in [1.54, 1.807) is 4.90 Å². The Kier molecular flexibility index (Phi) is 4.51. The van der Waals surface area contributed by atoms with Gasteiger partial charge in [-0.3, -0.25) is 4.90 Å².